The van der Waals surface area contributed by atoms with Crippen LogP contribution in [0.1, 0.15) is 41.4 Å². The Balaban J connectivity index is 1.85. The van der Waals surface area contributed by atoms with Crippen LogP contribution in [0.3, 0.4) is 0 Å². The topological polar surface area (TPSA) is 59.5 Å². The lowest BCUT2D eigenvalue weighted by Gasteiger charge is -2.23. The van der Waals surface area contributed by atoms with E-state index >= 15 is 0 Å². The molecular weight excluding hydrogens is 264 g/mol. The number of benzene rings is 1. The average Bonchev–Trinajstić information content (AvgIpc) is 3.22. The highest BCUT2D eigenvalue weighted by atomic mass is 16.3. The zero-order chi connectivity index (χ0) is 14.8. The zero-order valence-electron chi connectivity index (χ0n) is 12.2. The Morgan fingerprint density at radius 1 is 1.33 bits per heavy atom. The second-order valence-electron chi connectivity index (χ2n) is 5.47. The van der Waals surface area contributed by atoms with Crippen LogP contribution in [0.2, 0.25) is 0 Å². The van der Waals surface area contributed by atoms with Gasteiger partial charge in [-0.3, -0.25) is 4.79 Å². The molecule has 2 aromatic rings. The fourth-order valence-corrected chi connectivity index (χ4v) is 2.57. The molecule has 1 saturated carbocycles. The summed E-state index contributed by atoms with van der Waals surface area (Å²) in [6.07, 6.45) is 4.45. The molecular formula is C17H20N2O2. The Morgan fingerprint density at radius 2 is 2.10 bits per heavy atom. The van der Waals surface area contributed by atoms with E-state index in [4.69, 9.17) is 10.2 Å². The van der Waals surface area contributed by atoms with Crippen molar-refractivity contribution in [2.24, 2.45) is 0 Å². The fourth-order valence-electron chi connectivity index (χ4n) is 2.57. The summed E-state index contributed by atoms with van der Waals surface area (Å²) < 4.78 is 5.39. The number of hydrogen-bond donors (Lipinski definition) is 1. The van der Waals surface area contributed by atoms with Crippen LogP contribution >= 0.6 is 0 Å². The van der Waals surface area contributed by atoms with Gasteiger partial charge in [0.25, 0.3) is 5.91 Å². The molecule has 1 aliphatic carbocycles. The van der Waals surface area contributed by atoms with Gasteiger partial charge in [-0.15, -0.1) is 0 Å². The molecule has 0 atom stereocenters. The molecule has 0 saturated heterocycles. The number of amides is 1. The maximum Gasteiger partial charge on any atom is 0.257 e. The monoisotopic (exact) mass is 284 g/mol. The predicted molar refractivity (Wildman–Crippen MR) is 81.8 cm³/mol. The van der Waals surface area contributed by atoms with E-state index in [1.165, 1.54) is 0 Å². The standard InChI is InChI=1S/C17H20N2O2/c1-2-16-14(9-10-21-16)17(20)19(13-7-8-13)11-12-5-3-4-6-15(12)18/h3-6,9-10,13H,2,7-8,11,18H2,1H3. The van der Waals surface area contributed by atoms with Crippen molar-refractivity contribution in [3.8, 4) is 0 Å². The maximum atomic E-state index is 12.8. The van der Waals surface area contributed by atoms with E-state index in [-0.39, 0.29) is 5.91 Å². The summed E-state index contributed by atoms with van der Waals surface area (Å²) in [6.45, 7) is 2.55. The molecule has 1 aliphatic rings. The van der Waals surface area contributed by atoms with E-state index in [9.17, 15) is 4.79 Å². The molecule has 110 valence electrons. The van der Waals surface area contributed by atoms with Crippen LogP contribution in [0.5, 0.6) is 0 Å². The van der Waals surface area contributed by atoms with E-state index in [0.29, 0.717) is 18.2 Å². The molecule has 3 rings (SSSR count). The first kappa shape index (κ1) is 13.7. The number of furan rings is 1. The van der Waals surface area contributed by atoms with Crippen LogP contribution in [0, 0.1) is 0 Å². The molecule has 0 unspecified atom stereocenters. The van der Waals surface area contributed by atoms with Crippen molar-refractivity contribution < 1.29 is 9.21 Å². The van der Waals surface area contributed by atoms with Crippen molar-refractivity contribution in [3.63, 3.8) is 0 Å². The summed E-state index contributed by atoms with van der Waals surface area (Å²) in [5, 5.41) is 0. The van der Waals surface area contributed by atoms with Crippen LogP contribution < -0.4 is 5.73 Å². The van der Waals surface area contributed by atoms with Gasteiger partial charge in [0.1, 0.15) is 5.76 Å². The molecule has 4 heteroatoms. The van der Waals surface area contributed by atoms with Crippen molar-refractivity contribution in [2.75, 3.05) is 5.73 Å². The Hall–Kier alpha value is -2.23. The number of nitrogens with zero attached hydrogens (tertiary/aromatic N) is 1. The van der Waals surface area contributed by atoms with Gasteiger partial charge in [-0.05, 0) is 30.5 Å². The number of nitrogens with two attached hydrogens (primary N) is 1. The Morgan fingerprint density at radius 3 is 2.76 bits per heavy atom. The molecule has 0 spiro atoms. The minimum atomic E-state index is 0.0475. The molecule has 21 heavy (non-hydrogen) atoms. The molecule has 1 aromatic heterocycles. The lowest BCUT2D eigenvalue weighted by molar-refractivity contribution is 0.0728. The molecule has 1 amide bonds. The highest BCUT2D eigenvalue weighted by Gasteiger charge is 2.34. The second kappa shape index (κ2) is 5.64. The minimum absolute atomic E-state index is 0.0475. The van der Waals surface area contributed by atoms with Gasteiger partial charge in [0.2, 0.25) is 0 Å². The molecule has 1 aromatic carbocycles. The van der Waals surface area contributed by atoms with Crippen molar-refractivity contribution in [1.82, 2.24) is 4.90 Å². The van der Waals surface area contributed by atoms with E-state index in [1.807, 2.05) is 36.1 Å². The zero-order valence-corrected chi connectivity index (χ0v) is 12.2. The molecule has 1 fully saturated rings. The third-order valence-electron chi connectivity index (χ3n) is 3.94. The molecule has 4 nitrogen and oxygen atoms in total. The van der Waals surface area contributed by atoms with Crippen molar-refractivity contribution in [1.29, 1.82) is 0 Å². The summed E-state index contributed by atoms with van der Waals surface area (Å²) in [7, 11) is 0. The van der Waals surface area contributed by atoms with Gasteiger partial charge in [-0.1, -0.05) is 25.1 Å². The van der Waals surface area contributed by atoms with Gasteiger partial charge >= 0.3 is 0 Å². The largest absolute Gasteiger partial charge is 0.469 e. The van der Waals surface area contributed by atoms with Crippen LogP contribution in [-0.2, 0) is 13.0 Å². The maximum absolute atomic E-state index is 12.8. The van der Waals surface area contributed by atoms with Gasteiger partial charge in [-0.25, -0.2) is 0 Å². The van der Waals surface area contributed by atoms with Gasteiger partial charge in [-0.2, -0.15) is 0 Å². The number of anilines is 1. The predicted octanol–water partition coefficient (Wildman–Crippen LogP) is 3.23. The normalized spacial score (nSPS) is 14.1. The van der Waals surface area contributed by atoms with Crippen molar-refractivity contribution in [2.45, 2.75) is 38.8 Å². The summed E-state index contributed by atoms with van der Waals surface area (Å²) in [4.78, 5) is 14.7. The molecule has 2 N–H and O–H groups in total. The van der Waals surface area contributed by atoms with Crippen molar-refractivity contribution >= 4 is 11.6 Å². The number of carbonyl (C=O) groups is 1. The van der Waals surface area contributed by atoms with E-state index < -0.39 is 0 Å². The summed E-state index contributed by atoms with van der Waals surface area (Å²) in [5.74, 6) is 0.804. The number of carbonyl (C=O) groups excluding carboxylic acids is 1. The SMILES string of the molecule is CCc1occc1C(=O)N(Cc1ccccc1N)C1CC1. The second-order valence-corrected chi connectivity index (χ2v) is 5.47. The average molecular weight is 284 g/mol. The van der Waals surface area contributed by atoms with E-state index in [2.05, 4.69) is 0 Å². The lowest BCUT2D eigenvalue weighted by Crippen LogP contribution is -2.33. The molecule has 0 bridgehead atoms. The molecule has 0 aliphatic heterocycles. The quantitative estimate of drug-likeness (QED) is 0.857. The number of nitrogen functional groups attached to an aromatic ring is 1. The van der Waals surface area contributed by atoms with Gasteiger partial charge in [0.15, 0.2) is 0 Å². The highest BCUT2D eigenvalue weighted by molar-refractivity contribution is 5.95. The van der Waals surface area contributed by atoms with E-state index in [0.717, 1.165) is 36.3 Å². The van der Waals surface area contributed by atoms with Gasteiger partial charge in [0, 0.05) is 24.7 Å². The van der Waals surface area contributed by atoms with Gasteiger partial charge in [0.05, 0.1) is 11.8 Å². The summed E-state index contributed by atoms with van der Waals surface area (Å²) in [6, 6.07) is 9.82. The van der Waals surface area contributed by atoms with E-state index in [1.54, 1.807) is 12.3 Å². The first-order valence-electron chi connectivity index (χ1n) is 7.41. The number of para-hydroxylation sites is 1. The number of hydrogen-bond acceptors (Lipinski definition) is 3. The van der Waals surface area contributed by atoms with Crippen molar-refractivity contribution in [3.05, 3.63) is 53.5 Å². The van der Waals surface area contributed by atoms with Crippen LogP contribution in [0.4, 0.5) is 5.69 Å². The minimum Gasteiger partial charge on any atom is -0.469 e. The lowest BCUT2D eigenvalue weighted by atomic mass is 10.1. The third-order valence-corrected chi connectivity index (χ3v) is 3.94. The smallest absolute Gasteiger partial charge is 0.257 e. The van der Waals surface area contributed by atoms with Crippen LogP contribution in [0.15, 0.2) is 41.0 Å². The third kappa shape index (κ3) is 2.79. The number of rotatable bonds is 5. The Kier molecular flexibility index (Phi) is 3.69. The van der Waals surface area contributed by atoms with Crippen LogP contribution in [0.25, 0.3) is 0 Å². The molecule has 1 heterocycles. The fraction of sp³-hybridized carbons (Fsp3) is 0.353. The number of aryl methyl sites for hydroxylation is 1. The first-order chi connectivity index (χ1) is 10.2. The first-order valence-corrected chi connectivity index (χ1v) is 7.41. The van der Waals surface area contributed by atoms with Gasteiger partial charge < -0.3 is 15.1 Å². The summed E-state index contributed by atoms with van der Waals surface area (Å²) >= 11 is 0. The molecule has 0 radical (unpaired) electrons. The Labute approximate surface area is 124 Å². The highest BCUT2D eigenvalue weighted by Crippen LogP contribution is 2.31. The summed E-state index contributed by atoms with van der Waals surface area (Å²) in [5.41, 5.74) is 8.42. The Bertz CT molecular complexity index is 644. The van der Waals surface area contributed by atoms with Crippen LogP contribution in [-0.4, -0.2) is 16.8 Å².